The van der Waals surface area contributed by atoms with Gasteiger partial charge in [-0.3, -0.25) is 10.1 Å². The molecule has 0 radical (unpaired) electrons. The number of halogens is 1. The normalized spacial score (nSPS) is 11.3. The van der Waals surface area contributed by atoms with Crippen LogP contribution in [0.4, 0.5) is 5.69 Å². The molecule has 8 heteroatoms. The van der Waals surface area contributed by atoms with Crippen LogP contribution in [0.3, 0.4) is 0 Å². The molecule has 31 heavy (non-hydrogen) atoms. The molecule has 0 unspecified atom stereocenters. The van der Waals surface area contributed by atoms with E-state index in [1.165, 1.54) is 17.4 Å². The van der Waals surface area contributed by atoms with Crippen LogP contribution >= 0.6 is 22.9 Å². The summed E-state index contributed by atoms with van der Waals surface area (Å²) in [5.41, 5.74) is 3.12. The molecule has 0 amide bonds. The molecule has 6 nitrogen and oxygen atoms in total. The third-order valence-corrected chi connectivity index (χ3v) is 5.65. The highest BCUT2D eigenvalue weighted by atomic mass is 35.5. The molecule has 2 aromatic carbocycles. The van der Waals surface area contributed by atoms with Gasteiger partial charge in [0.15, 0.2) is 0 Å². The van der Waals surface area contributed by atoms with Crippen LogP contribution in [0.25, 0.3) is 34.2 Å². The summed E-state index contributed by atoms with van der Waals surface area (Å²) in [5, 5.41) is 24.1. The van der Waals surface area contributed by atoms with Crippen LogP contribution in [0, 0.1) is 28.4 Å². The molecule has 0 spiro atoms. The number of rotatable bonds is 5. The topological polar surface area (TPSA) is 93.0 Å². The summed E-state index contributed by atoms with van der Waals surface area (Å²) in [6, 6.07) is 17.7. The first kappa shape index (κ1) is 20.5. The summed E-state index contributed by atoms with van der Waals surface area (Å²) >= 11 is 7.28. The van der Waals surface area contributed by atoms with Crippen molar-refractivity contribution >= 4 is 40.3 Å². The van der Waals surface area contributed by atoms with Crippen molar-refractivity contribution in [3.05, 3.63) is 91.4 Å². The largest absolute Gasteiger partial charge is 0.456 e. The van der Waals surface area contributed by atoms with Crippen molar-refractivity contribution in [1.29, 1.82) is 5.26 Å². The van der Waals surface area contributed by atoms with Crippen LogP contribution in [-0.4, -0.2) is 9.91 Å². The van der Waals surface area contributed by atoms with E-state index >= 15 is 0 Å². The monoisotopic (exact) mass is 447 g/mol. The Morgan fingerprint density at radius 3 is 2.71 bits per heavy atom. The Bertz CT molecular complexity index is 1350. The van der Waals surface area contributed by atoms with Crippen molar-refractivity contribution in [2.45, 2.75) is 6.92 Å². The summed E-state index contributed by atoms with van der Waals surface area (Å²) in [6.07, 6.45) is 1.58. The first-order valence-corrected chi connectivity index (χ1v) is 10.4. The Morgan fingerprint density at radius 1 is 1.23 bits per heavy atom. The smallest absolute Gasteiger partial charge is 0.280 e. The number of aryl methyl sites for hydroxylation is 1. The fourth-order valence-corrected chi connectivity index (χ4v) is 3.93. The lowest BCUT2D eigenvalue weighted by Crippen LogP contribution is -1.92. The zero-order valence-electron chi connectivity index (χ0n) is 16.2. The summed E-state index contributed by atoms with van der Waals surface area (Å²) in [4.78, 5) is 15.5. The molecule has 2 heterocycles. The number of nitro benzene ring substituents is 1. The van der Waals surface area contributed by atoms with E-state index in [0.29, 0.717) is 32.7 Å². The van der Waals surface area contributed by atoms with Crippen LogP contribution in [0.5, 0.6) is 0 Å². The lowest BCUT2D eigenvalue weighted by atomic mass is 10.1. The Balaban J connectivity index is 1.65. The maximum Gasteiger partial charge on any atom is 0.280 e. The lowest BCUT2D eigenvalue weighted by Gasteiger charge is -2.01. The average molecular weight is 448 g/mol. The number of aromatic nitrogens is 1. The first-order valence-electron chi connectivity index (χ1n) is 9.13. The fourth-order valence-electron chi connectivity index (χ4n) is 3.01. The van der Waals surface area contributed by atoms with E-state index in [4.69, 9.17) is 16.0 Å². The van der Waals surface area contributed by atoms with E-state index < -0.39 is 4.92 Å². The summed E-state index contributed by atoms with van der Waals surface area (Å²) < 4.78 is 5.79. The van der Waals surface area contributed by atoms with Gasteiger partial charge in [-0.25, -0.2) is 4.98 Å². The van der Waals surface area contributed by atoms with E-state index in [1.54, 1.807) is 49.4 Å². The lowest BCUT2D eigenvalue weighted by molar-refractivity contribution is -0.384. The Hall–Kier alpha value is -3.73. The Morgan fingerprint density at radius 2 is 2.00 bits per heavy atom. The predicted molar refractivity (Wildman–Crippen MR) is 122 cm³/mol. The number of benzene rings is 2. The van der Waals surface area contributed by atoms with Gasteiger partial charge in [0, 0.05) is 28.1 Å². The maximum absolute atomic E-state index is 11.4. The third-order valence-electron chi connectivity index (χ3n) is 4.52. The standard InChI is InChI=1S/C23H14ClN3O3S/c1-14-2-8-19(21(10-14)27(28)29)22-9-7-18(30-22)11-16(12-25)23-26-20(13-31-23)15-3-5-17(24)6-4-15/h2-11,13H,1H3. The third kappa shape index (κ3) is 4.40. The second kappa shape index (κ2) is 8.56. The van der Waals surface area contributed by atoms with Gasteiger partial charge in [-0.1, -0.05) is 29.8 Å². The number of nitrogens with zero attached hydrogens (tertiary/aromatic N) is 3. The van der Waals surface area contributed by atoms with Gasteiger partial charge in [-0.15, -0.1) is 11.3 Å². The van der Waals surface area contributed by atoms with Crippen LogP contribution in [0.1, 0.15) is 16.3 Å². The molecular weight excluding hydrogens is 434 g/mol. The molecule has 0 aliphatic heterocycles. The van der Waals surface area contributed by atoms with Crippen molar-refractivity contribution in [2.75, 3.05) is 0 Å². The molecule has 0 bridgehead atoms. The number of furan rings is 1. The average Bonchev–Trinajstić information content (AvgIpc) is 3.42. The van der Waals surface area contributed by atoms with Gasteiger partial charge in [0.1, 0.15) is 22.6 Å². The van der Waals surface area contributed by atoms with Gasteiger partial charge in [0.25, 0.3) is 5.69 Å². The van der Waals surface area contributed by atoms with Crippen LogP contribution in [0.15, 0.2) is 64.4 Å². The molecule has 0 saturated heterocycles. The van der Waals surface area contributed by atoms with Gasteiger partial charge in [0.2, 0.25) is 0 Å². The molecule has 4 aromatic rings. The molecule has 0 N–H and O–H groups in total. The van der Waals surface area contributed by atoms with Gasteiger partial charge in [-0.2, -0.15) is 5.26 Å². The van der Waals surface area contributed by atoms with Gasteiger partial charge in [0.05, 0.1) is 21.8 Å². The van der Waals surface area contributed by atoms with Crippen molar-refractivity contribution in [3.8, 4) is 28.7 Å². The van der Waals surface area contributed by atoms with E-state index in [9.17, 15) is 15.4 Å². The van der Waals surface area contributed by atoms with Gasteiger partial charge in [-0.05, 0) is 42.8 Å². The first-order chi connectivity index (χ1) is 14.9. The van der Waals surface area contributed by atoms with E-state index in [1.807, 2.05) is 17.5 Å². The molecule has 4 rings (SSSR count). The zero-order valence-corrected chi connectivity index (χ0v) is 17.8. The summed E-state index contributed by atoms with van der Waals surface area (Å²) in [5.74, 6) is 0.765. The fraction of sp³-hybridized carbons (Fsp3) is 0.0435. The minimum atomic E-state index is -0.436. The highest BCUT2D eigenvalue weighted by Gasteiger charge is 2.18. The summed E-state index contributed by atoms with van der Waals surface area (Å²) in [7, 11) is 0. The Labute approximate surface area is 186 Å². The van der Waals surface area contributed by atoms with Crippen molar-refractivity contribution in [1.82, 2.24) is 4.98 Å². The molecule has 152 valence electrons. The van der Waals surface area contributed by atoms with Crippen LogP contribution in [-0.2, 0) is 0 Å². The zero-order chi connectivity index (χ0) is 22.0. The molecule has 0 saturated carbocycles. The minimum absolute atomic E-state index is 0.0297. The van der Waals surface area contributed by atoms with E-state index in [0.717, 1.165) is 16.8 Å². The molecule has 0 aliphatic rings. The van der Waals surface area contributed by atoms with Crippen molar-refractivity contribution in [2.24, 2.45) is 0 Å². The number of hydrogen-bond acceptors (Lipinski definition) is 6. The van der Waals surface area contributed by atoms with E-state index in [-0.39, 0.29) is 5.69 Å². The maximum atomic E-state index is 11.4. The molecule has 0 atom stereocenters. The molecule has 2 aromatic heterocycles. The van der Waals surface area contributed by atoms with Crippen LogP contribution < -0.4 is 0 Å². The molecule has 0 fully saturated rings. The number of nitriles is 1. The molecule has 0 aliphatic carbocycles. The number of allylic oxidation sites excluding steroid dienone is 1. The number of nitro groups is 1. The second-order valence-electron chi connectivity index (χ2n) is 6.69. The van der Waals surface area contributed by atoms with E-state index in [2.05, 4.69) is 11.1 Å². The predicted octanol–water partition coefficient (Wildman–Crippen LogP) is 7.00. The van der Waals surface area contributed by atoms with Gasteiger partial charge >= 0.3 is 0 Å². The van der Waals surface area contributed by atoms with Crippen molar-refractivity contribution in [3.63, 3.8) is 0 Å². The SMILES string of the molecule is Cc1ccc(-c2ccc(C=C(C#N)c3nc(-c4ccc(Cl)cc4)cs3)o2)c([N+](=O)[O-])c1. The highest BCUT2D eigenvalue weighted by molar-refractivity contribution is 7.11. The Kier molecular flexibility index (Phi) is 5.67. The van der Waals surface area contributed by atoms with Crippen LogP contribution in [0.2, 0.25) is 5.02 Å². The molecular formula is C23H14ClN3O3S. The number of thiazole rings is 1. The number of hydrogen-bond donors (Lipinski definition) is 0. The second-order valence-corrected chi connectivity index (χ2v) is 7.99. The van der Waals surface area contributed by atoms with Gasteiger partial charge < -0.3 is 4.42 Å². The minimum Gasteiger partial charge on any atom is -0.456 e. The quantitative estimate of drug-likeness (QED) is 0.186. The highest BCUT2D eigenvalue weighted by Crippen LogP contribution is 2.33. The van der Waals surface area contributed by atoms with Crippen molar-refractivity contribution < 1.29 is 9.34 Å². The summed E-state index contributed by atoms with van der Waals surface area (Å²) in [6.45, 7) is 1.79.